The van der Waals surface area contributed by atoms with Gasteiger partial charge in [0.15, 0.2) is 0 Å². The van der Waals surface area contributed by atoms with Crippen LogP contribution in [-0.4, -0.2) is 30.3 Å². The largest absolute Gasteiger partial charge is 0.496 e. The van der Waals surface area contributed by atoms with E-state index >= 15 is 0 Å². The molecule has 1 N–H and O–H groups in total. The van der Waals surface area contributed by atoms with Crippen molar-refractivity contribution in [2.75, 3.05) is 14.2 Å². The van der Waals surface area contributed by atoms with E-state index in [4.69, 9.17) is 14.6 Å². The molecule has 21 heavy (non-hydrogen) atoms. The Morgan fingerprint density at radius 1 is 1.38 bits per heavy atom. The molecule has 0 saturated carbocycles. The van der Waals surface area contributed by atoms with Crippen molar-refractivity contribution >= 4 is 5.97 Å². The zero-order chi connectivity index (χ0) is 15.4. The maximum atomic E-state index is 14.1. The standard InChI is InChI=1S/C15H14FNO4/c1-20-13-5-3-4-12(16)14(13)11-7-17-9(8-18)6-10(11)15(19)21-2/h3-7,18H,8H2,1-2H3. The third-order valence-corrected chi connectivity index (χ3v) is 2.99. The topological polar surface area (TPSA) is 68.7 Å². The molecule has 0 spiro atoms. The second-order valence-corrected chi connectivity index (χ2v) is 4.19. The van der Waals surface area contributed by atoms with Crippen LogP contribution in [0.4, 0.5) is 4.39 Å². The molecular formula is C15H14FNO4. The summed E-state index contributed by atoms with van der Waals surface area (Å²) in [5.41, 5.74) is 0.765. The van der Waals surface area contributed by atoms with Gasteiger partial charge in [-0.2, -0.15) is 0 Å². The number of halogens is 1. The van der Waals surface area contributed by atoms with Crippen molar-refractivity contribution in [3.63, 3.8) is 0 Å². The number of carbonyl (C=O) groups is 1. The maximum absolute atomic E-state index is 14.1. The molecule has 0 saturated heterocycles. The second-order valence-electron chi connectivity index (χ2n) is 4.19. The fourth-order valence-corrected chi connectivity index (χ4v) is 2.00. The van der Waals surface area contributed by atoms with Crippen LogP contribution in [0.2, 0.25) is 0 Å². The molecule has 6 heteroatoms. The fraction of sp³-hybridized carbons (Fsp3) is 0.200. The average Bonchev–Trinajstić information content (AvgIpc) is 2.53. The maximum Gasteiger partial charge on any atom is 0.338 e. The SMILES string of the molecule is COC(=O)c1cc(CO)ncc1-c1c(F)cccc1OC. The van der Waals surface area contributed by atoms with Gasteiger partial charge in [0.05, 0.1) is 37.6 Å². The average molecular weight is 291 g/mol. The number of hydrogen-bond acceptors (Lipinski definition) is 5. The van der Waals surface area contributed by atoms with Crippen molar-refractivity contribution < 1.29 is 23.8 Å². The molecule has 110 valence electrons. The summed E-state index contributed by atoms with van der Waals surface area (Å²) in [6.07, 6.45) is 1.32. The Morgan fingerprint density at radius 3 is 2.76 bits per heavy atom. The van der Waals surface area contributed by atoms with E-state index in [1.54, 1.807) is 6.07 Å². The van der Waals surface area contributed by atoms with Crippen molar-refractivity contribution in [1.82, 2.24) is 4.98 Å². The molecule has 2 aromatic rings. The van der Waals surface area contributed by atoms with Gasteiger partial charge in [0, 0.05) is 11.8 Å². The molecule has 0 aliphatic carbocycles. The van der Waals surface area contributed by atoms with Crippen LogP contribution in [0.5, 0.6) is 5.75 Å². The highest BCUT2D eigenvalue weighted by Gasteiger charge is 2.20. The number of nitrogens with zero attached hydrogens (tertiary/aromatic N) is 1. The van der Waals surface area contributed by atoms with Crippen molar-refractivity contribution in [2.24, 2.45) is 0 Å². The zero-order valence-electron chi connectivity index (χ0n) is 11.6. The van der Waals surface area contributed by atoms with Gasteiger partial charge in [0.2, 0.25) is 0 Å². The molecule has 0 aliphatic rings. The third-order valence-electron chi connectivity index (χ3n) is 2.99. The van der Waals surface area contributed by atoms with Crippen LogP contribution in [0.3, 0.4) is 0 Å². The van der Waals surface area contributed by atoms with Crippen LogP contribution in [0.15, 0.2) is 30.5 Å². The lowest BCUT2D eigenvalue weighted by Gasteiger charge is -2.13. The van der Waals surface area contributed by atoms with Crippen LogP contribution >= 0.6 is 0 Å². The van der Waals surface area contributed by atoms with Crippen LogP contribution < -0.4 is 4.74 Å². The van der Waals surface area contributed by atoms with E-state index in [2.05, 4.69) is 4.98 Å². The van der Waals surface area contributed by atoms with Crippen LogP contribution in [0.25, 0.3) is 11.1 Å². The number of aromatic nitrogens is 1. The molecule has 0 fully saturated rings. The lowest BCUT2D eigenvalue weighted by Crippen LogP contribution is -2.07. The smallest absolute Gasteiger partial charge is 0.338 e. The van der Waals surface area contributed by atoms with Crippen molar-refractivity contribution in [1.29, 1.82) is 0 Å². The summed E-state index contributed by atoms with van der Waals surface area (Å²) in [5.74, 6) is -0.913. The minimum absolute atomic E-state index is 0.111. The third kappa shape index (κ3) is 2.85. The summed E-state index contributed by atoms with van der Waals surface area (Å²) in [5, 5.41) is 9.12. The number of carbonyl (C=O) groups excluding carboxylic acids is 1. The summed E-state index contributed by atoms with van der Waals surface area (Å²) in [7, 11) is 2.63. The Morgan fingerprint density at radius 2 is 2.14 bits per heavy atom. The molecule has 1 aromatic carbocycles. The lowest BCUT2D eigenvalue weighted by atomic mass is 9.99. The van der Waals surface area contributed by atoms with Crippen LogP contribution in [0, 0.1) is 5.82 Å². The number of hydrogen-bond donors (Lipinski definition) is 1. The minimum Gasteiger partial charge on any atom is -0.496 e. The van der Waals surface area contributed by atoms with Gasteiger partial charge in [-0.1, -0.05) is 6.07 Å². The Labute approximate surface area is 121 Å². The van der Waals surface area contributed by atoms with Gasteiger partial charge in [-0.15, -0.1) is 0 Å². The first-order valence-electron chi connectivity index (χ1n) is 6.13. The van der Waals surface area contributed by atoms with E-state index in [1.165, 1.54) is 38.6 Å². The van der Waals surface area contributed by atoms with Gasteiger partial charge in [-0.3, -0.25) is 4.98 Å². The van der Waals surface area contributed by atoms with Crippen LogP contribution in [0.1, 0.15) is 16.1 Å². The molecule has 1 aromatic heterocycles. The van der Waals surface area contributed by atoms with Crippen LogP contribution in [-0.2, 0) is 11.3 Å². The van der Waals surface area contributed by atoms with Gasteiger partial charge >= 0.3 is 5.97 Å². The quantitative estimate of drug-likeness (QED) is 0.874. The molecule has 0 unspecified atom stereocenters. The Hall–Kier alpha value is -2.47. The Balaban J connectivity index is 2.72. The number of pyridine rings is 1. The van der Waals surface area contributed by atoms with Gasteiger partial charge in [-0.05, 0) is 18.2 Å². The fourth-order valence-electron chi connectivity index (χ4n) is 2.00. The number of aliphatic hydroxyl groups is 1. The minimum atomic E-state index is -0.646. The Kier molecular flexibility index (Phi) is 4.49. The molecule has 0 radical (unpaired) electrons. The number of esters is 1. The summed E-state index contributed by atoms with van der Waals surface area (Å²) < 4.78 is 24.0. The van der Waals surface area contributed by atoms with Gasteiger partial charge in [-0.25, -0.2) is 9.18 Å². The summed E-state index contributed by atoms with van der Waals surface area (Å²) in [4.78, 5) is 15.9. The molecule has 5 nitrogen and oxygen atoms in total. The highest BCUT2D eigenvalue weighted by Crippen LogP contribution is 2.34. The van der Waals surface area contributed by atoms with Gasteiger partial charge < -0.3 is 14.6 Å². The van der Waals surface area contributed by atoms with Gasteiger partial charge in [0.1, 0.15) is 11.6 Å². The summed E-state index contributed by atoms with van der Waals surface area (Å²) >= 11 is 0. The lowest BCUT2D eigenvalue weighted by molar-refractivity contribution is 0.0601. The number of methoxy groups -OCH3 is 2. The monoisotopic (exact) mass is 291 g/mol. The zero-order valence-corrected chi connectivity index (χ0v) is 11.6. The highest BCUT2D eigenvalue weighted by atomic mass is 19.1. The predicted molar refractivity (Wildman–Crippen MR) is 73.4 cm³/mol. The normalized spacial score (nSPS) is 10.3. The van der Waals surface area contributed by atoms with Crippen molar-refractivity contribution in [3.8, 4) is 16.9 Å². The Bertz CT molecular complexity index is 673. The summed E-state index contributed by atoms with van der Waals surface area (Å²) in [6, 6.07) is 5.72. The van der Waals surface area contributed by atoms with Gasteiger partial charge in [0.25, 0.3) is 0 Å². The molecule has 0 atom stereocenters. The van der Waals surface area contributed by atoms with E-state index in [-0.39, 0.29) is 34.7 Å². The van der Waals surface area contributed by atoms with E-state index < -0.39 is 11.8 Å². The van der Waals surface area contributed by atoms with E-state index in [1.807, 2.05) is 0 Å². The molecule has 0 bridgehead atoms. The predicted octanol–water partition coefficient (Wildman–Crippen LogP) is 2.18. The number of rotatable bonds is 4. The van der Waals surface area contributed by atoms with Crippen molar-refractivity contribution in [2.45, 2.75) is 6.61 Å². The molecule has 0 aliphatic heterocycles. The molecule has 0 amide bonds. The number of aliphatic hydroxyl groups excluding tert-OH is 1. The second kappa shape index (κ2) is 6.32. The first kappa shape index (κ1) is 14.9. The number of ether oxygens (including phenoxy) is 2. The summed E-state index contributed by atoms with van der Waals surface area (Å²) in [6.45, 7) is -0.335. The molecule has 2 rings (SSSR count). The van der Waals surface area contributed by atoms with E-state index in [0.29, 0.717) is 0 Å². The molecule has 1 heterocycles. The first-order chi connectivity index (χ1) is 10.1. The van der Waals surface area contributed by atoms with E-state index in [9.17, 15) is 9.18 Å². The highest BCUT2D eigenvalue weighted by molar-refractivity contribution is 5.98. The van der Waals surface area contributed by atoms with Crippen molar-refractivity contribution in [3.05, 3.63) is 47.5 Å². The van der Waals surface area contributed by atoms with E-state index in [0.717, 1.165) is 0 Å². The first-order valence-corrected chi connectivity index (χ1v) is 6.13. The number of benzene rings is 1. The molecular weight excluding hydrogens is 277 g/mol.